The van der Waals surface area contributed by atoms with Gasteiger partial charge >= 0.3 is 5.97 Å². The second kappa shape index (κ2) is 6.75. The summed E-state index contributed by atoms with van der Waals surface area (Å²) in [4.78, 5) is 24.8. The van der Waals surface area contributed by atoms with Crippen molar-refractivity contribution in [3.8, 4) is 0 Å². The molecule has 1 aliphatic rings. The predicted octanol–water partition coefficient (Wildman–Crippen LogP) is 3.06. The molecule has 0 aliphatic carbocycles. The summed E-state index contributed by atoms with van der Waals surface area (Å²) in [6.07, 6.45) is 2.72. The van der Waals surface area contributed by atoms with Crippen LogP contribution in [0.25, 0.3) is 0 Å². The van der Waals surface area contributed by atoms with E-state index in [2.05, 4.69) is 0 Å². The third kappa shape index (κ3) is 3.97. The van der Waals surface area contributed by atoms with Gasteiger partial charge in [-0.15, -0.1) is 0 Å². The zero-order valence-corrected chi connectivity index (χ0v) is 12.0. The van der Waals surface area contributed by atoms with Crippen molar-refractivity contribution in [1.29, 1.82) is 0 Å². The number of amides is 1. The highest BCUT2D eigenvalue weighted by Gasteiger charge is 2.24. The molecule has 1 amide bonds. The molecule has 5 heteroatoms. The van der Waals surface area contributed by atoms with E-state index in [1.54, 1.807) is 24.3 Å². The number of benzene rings is 1. The Morgan fingerprint density at radius 1 is 1.40 bits per heavy atom. The molecule has 0 radical (unpaired) electrons. The third-order valence-corrected chi connectivity index (χ3v) is 3.88. The topological polar surface area (TPSA) is 57.6 Å². The van der Waals surface area contributed by atoms with Gasteiger partial charge in [-0.1, -0.05) is 17.7 Å². The molecule has 1 N–H and O–H groups in total. The lowest BCUT2D eigenvalue weighted by atomic mass is 9.93. The Kier molecular flexibility index (Phi) is 5.01. The molecule has 2 rings (SSSR count). The fraction of sp³-hybridized carbons (Fsp3) is 0.467. The van der Waals surface area contributed by atoms with Crippen molar-refractivity contribution in [2.45, 2.75) is 25.7 Å². The summed E-state index contributed by atoms with van der Waals surface area (Å²) in [6.45, 7) is 1.37. The van der Waals surface area contributed by atoms with Gasteiger partial charge in [0.05, 0.1) is 0 Å². The van der Waals surface area contributed by atoms with E-state index in [1.165, 1.54) is 0 Å². The molecule has 108 valence electrons. The molecule has 1 aliphatic heterocycles. The first kappa shape index (κ1) is 14.9. The van der Waals surface area contributed by atoms with Crippen LogP contribution in [0.15, 0.2) is 24.3 Å². The number of piperidine rings is 1. The van der Waals surface area contributed by atoms with Gasteiger partial charge in [-0.2, -0.15) is 0 Å². The van der Waals surface area contributed by atoms with Gasteiger partial charge in [0.2, 0.25) is 0 Å². The molecule has 0 aromatic heterocycles. The SMILES string of the molecule is O=C(O)CCC1CCCN(C(=O)c2cccc(Cl)c2)C1. The average molecular weight is 296 g/mol. The highest BCUT2D eigenvalue weighted by atomic mass is 35.5. The number of nitrogens with zero attached hydrogens (tertiary/aromatic N) is 1. The molecular formula is C15H18ClNO3. The van der Waals surface area contributed by atoms with Crippen molar-refractivity contribution in [3.63, 3.8) is 0 Å². The first-order valence-corrected chi connectivity index (χ1v) is 7.20. The number of hydrogen-bond donors (Lipinski definition) is 1. The lowest BCUT2D eigenvalue weighted by Crippen LogP contribution is -2.40. The van der Waals surface area contributed by atoms with E-state index in [1.807, 2.05) is 4.90 Å². The van der Waals surface area contributed by atoms with Crippen LogP contribution in [0.1, 0.15) is 36.0 Å². The van der Waals surface area contributed by atoms with Crippen LogP contribution in [0.2, 0.25) is 5.02 Å². The largest absolute Gasteiger partial charge is 0.481 e. The van der Waals surface area contributed by atoms with Crippen LogP contribution in [0.3, 0.4) is 0 Å². The van der Waals surface area contributed by atoms with Gasteiger partial charge in [0.25, 0.3) is 5.91 Å². The maximum Gasteiger partial charge on any atom is 0.303 e. The summed E-state index contributed by atoms with van der Waals surface area (Å²) in [5.74, 6) is -0.515. The van der Waals surface area contributed by atoms with Crippen molar-refractivity contribution in [2.24, 2.45) is 5.92 Å². The van der Waals surface area contributed by atoms with Gasteiger partial charge in [-0.05, 0) is 43.4 Å². The summed E-state index contributed by atoms with van der Waals surface area (Å²) in [6, 6.07) is 6.94. The molecule has 1 heterocycles. The van der Waals surface area contributed by atoms with Gasteiger partial charge in [0, 0.05) is 30.1 Å². The van der Waals surface area contributed by atoms with E-state index in [4.69, 9.17) is 16.7 Å². The van der Waals surface area contributed by atoms with Gasteiger partial charge in [0.1, 0.15) is 0 Å². The maximum absolute atomic E-state index is 12.4. The third-order valence-electron chi connectivity index (χ3n) is 3.64. The summed E-state index contributed by atoms with van der Waals surface area (Å²) < 4.78 is 0. The number of carbonyl (C=O) groups excluding carboxylic acids is 1. The van der Waals surface area contributed by atoms with E-state index in [0.29, 0.717) is 23.6 Å². The van der Waals surface area contributed by atoms with Gasteiger partial charge in [-0.25, -0.2) is 0 Å². The highest BCUT2D eigenvalue weighted by Crippen LogP contribution is 2.23. The Morgan fingerprint density at radius 2 is 2.20 bits per heavy atom. The van der Waals surface area contributed by atoms with Crippen molar-refractivity contribution in [3.05, 3.63) is 34.9 Å². The van der Waals surface area contributed by atoms with Crippen molar-refractivity contribution >= 4 is 23.5 Å². The number of halogens is 1. The number of aliphatic carboxylic acids is 1. The molecule has 1 saturated heterocycles. The van der Waals surface area contributed by atoms with E-state index < -0.39 is 5.97 Å². The fourth-order valence-electron chi connectivity index (χ4n) is 2.62. The minimum Gasteiger partial charge on any atom is -0.481 e. The standard InChI is InChI=1S/C15H18ClNO3/c16-13-5-1-4-12(9-13)15(20)17-8-2-3-11(10-17)6-7-14(18)19/h1,4-5,9,11H,2-3,6-8,10H2,(H,18,19). The number of carboxylic acids is 1. The molecular weight excluding hydrogens is 278 g/mol. The van der Waals surface area contributed by atoms with Gasteiger partial charge in [0.15, 0.2) is 0 Å². The molecule has 0 spiro atoms. The molecule has 0 bridgehead atoms. The molecule has 1 fully saturated rings. The highest BCUT2D eigenvalue weighted by molar-refractivity contribution is 6.30. The van der Waals surface area contributed by atoms with Crippen LogP contribution < -0.4 is 0 Å². The minimum atomic E-state index is -0.775. The summed E-state index contributed by atoms with van der Waals surface area (Å²) in [5, 5.41) is 9.28. The molecule has 0 saturated carbocycles. The number of carbonyl (C=O) groups is 2. The normalized spacial score (nSPS) is 18.9. The summed E-state index contributed by atoms with van der Waals surface area (Å²) >= 11 is 5.91. The second-order valence-electron chi connectivity index (χ2n) is 5.20. The number of carboxylic acid groups (broad SMARTS) is 1. The van der Waals surface area contributed by atoms with E-state index in [-0.39, 0.29) is 18.2 Å². The lowest BCUT2D eigenvalue weighted by molar-refractivity contribution is -0.137. The smallest absolute Gasteiger partial charge is 0.303 e. The zero-order valence-electron chi connectivity index (χ0n) is 11.2. The van der Waals surface area contributed by atoms with Crippen molar-refractivity contribution in [2.75, 3.05) is 13.1 Å². The first-order chi connectivity index (χ1) is 9.56. The maximum atomic E-state index is 12.4. The second-order valence-corrected chi connectivity index (χ2v) is 5.64. The minimum absolute atomic E-state index is 0.0208. The Hall–Kier alpha value is -1.55. The Morgan fingerprint density at radius 3 is 2.90 bits per heavy atom. The van der Waals surface area contributed by atoms with Gasteiger partial charge < -0.3 is 10.0 Å². The molecule has 1 unspecified atom stereocenters. The Labute approximate surface area is 123 Å². The summed E-state index contributed by atoms with van der Waals surface area (Å²) in [5.41, 5.74) is 0.594. The van der Waals surface area contributed by atoms with E-state index in [9.17, 15) is 9.59 Å². The van der Waals surface area contributed by atoms with Crippen LogP contribution in [0.4, 0.5) is 0 Å². The Bertz CT molecular complexity index is 504. The Balaban J connectivity index is 1.98. The fourth-order valence-corrected chi connectivity index (χ4v) is 2.81. The monoisotopic (exact) mass is 295 g/mol. The van der Waals surface area contributed by atoms with Crippen LogP contribution >= 0.6 is 11.6 Å². The number of rotatable bonds is 4. The van der Waals surface area contributed by atoms with E-state index in [0.717, 1.165) is 19.4 Å². The van der Waals surface area contributed by atoms with Crippen molar-refractivity contribution < 1.29 is 14.7 Å². The zero-order chi connectivity index (χ0) is 14.5. The van der Waals surface area contributed by atoms with Crippen LogP contribution in [0.5, 0.6) is 0 Å². The molecule has 4 nitrogen and oxygen atoms in total. The lowest BCUT2D eigenvalue weighted by Gasteiger charge is -2.32. The average Bonchev–Trinajstić information content (AvgIpc) is 2.44. The molecule has 1 aromatic rings. The van der Waals surface area contributed by atoms with E-state index >= 15 is 0 Å². The predicted molar refractivity (Wildman–Crippen MR) is 76.9 cm³/mol. The van der Waals surface area contributed by atoms with Crippen LogP contribution in [-0.2, 0) is 4.79 Å². The molecule has 1 aromatic carbocycles. The number of likely N-dealkylation sites (tertiary alicyclic amines) is 1. The van der Waals surface area contributed by atoms with Crippen LogP contribution in [-0.4, -0.2) is 35.0 Å². The first-order valence-electron chi connectivity index (χ1n) is 6.83. The quantitative estimate of drug-likeness (QED) is 0.929. The summed E-state index contributed by atoms with van der Waals surface area (Å²) in [7, 11) is 0. The molecule has 1 atom stereocenters. The van der Waals surface area contributed by atoms with Crippen LogP contribution in [0, 0.1) is 5.92 Å². The van der Waals surface area contributed by atoms with Gasteiger partial charge in [-0.3, -0.25) is 9.59 Å². The van der Waals surface area contributed by atoms with Crippen molar-refractivity contribution in [1.82, 2.24) is 4.90 Å². The molecule has 20 heavy (non-hydrogen) atoms. The number of hydrogen-bond acceptors (Lipinski definition) is 2.